The van der Waals surface area contributed by atoms with Gasteiger partial charge in [-0.1, -0.05) is 53.7 Å². The minimum atomic E-state index is 0.0806. The first-order valence-corrected chi connectivity index (χ1v) is 12.6. The van der Waals surface area contributed by atoms with Crippen molar-refractivity contribution < 1.29 is 9.53 Å². The molecule has 0 aliphatic carbocycles. The number of carbonyl (C=O) groups is 1. The zero-order valence-electron chi connectivity index (χ0n) is 20.4. The maximum Gasteiger partial charge on any atom is 0.233 e. The highest BCUT2D eigenvalue weighted by atomic mass is 32.2. The molecule has 2 aromatic carbocycles. The smallest absolute Gasteiger partial charge is 0.233 e. The summed E-state index contributed by atoms with van der Waals surface area (Å²) in [6, 6.07) is 16.6. The minimum absolute atomic E-state index is 0.0806. The van der Waals surface area contributed by atoms with Crippen LogP contribution in [0.3, 0.4) is 0 Å². The summed E-state index contributed by atoms with van der Waals surface area (Å²) in [6.07, 6.45) is 2.16. The fraction of sp³-hybridized carbons (Fsp3) is 0.423. The van der Waals surface area contributed by atoms with Crippen LogP contribution in [0, 0.1) is 6.92 Å². The molecule has 3 aromatic rings. The van der Waals surface area contributed by atoms with Crippen LogP contribution >= 0.6 is 11.8 Å². The Bertz CT molecular complexity index is 1090. The highest BCUT2D eigenvalue weighted by molar-refractivity contribution is 7.99. The molecule has 0 bridgehead atoms. The van der Waals surface area contributed by atoms with Gasteiger partial charge in [-0.05, 0) is 37.5 Å². The van der Waals surface area contributed by atoms with Gasteiger partial charge in [0.1, 0.15) is 0 Å². The third kappa shape index (κ3) is 5.98. The first-order chi connectivity index (χ1) is 16.4. The Labute approximate surface area is 206 Å². The van der Waals surface area contributed by atoms with E-state index >= 15 is 0 Å². The summed E-state index contributed by atoms with van der Waals surface area (Å²) in [5.74, 6) is 1.19. The van der Waals surface area contributed by atoms with Crippen molar-refractivity contribution in [1.29, 1.82) is 0 Å². The second kappa shape index (κ2) is 11.1. The van der Waals surface area contributed by atoms with E-state index in [0.29, 0.717) is 18.8 Å². The van der Waals surface area contributed by atoms with Gasteiger partial charge in [0.15, 0.2) is 11.0 Å². The van der Waals surface area contributed by atoms with Crippen LogP contribution in [0.15, 0.2) is 53.7 Å². The number of aryl methyl sites for hydroxylation is 1. The van der Waals surface area contributed by atoms with Crippen LogP contribution in [0.1, 0.15) is 24.0 Å². The lowest BCUT2D eigenvalue weighted by Crippen LogP contribution is -2.38. The summed E-state index contributed by atoms with van der Waals surface area (Å²) in [5.41, 5.74) is 4.47. The number of aromatic nitrogens is 3. The van der Waals surface area contributed by atoms with Crippen LogP contribution in [-0.4, -0.2) is 64.7 Å². The van der Waals surface area contributed by atoms with Crippen molar-refractivity contribution in [3.8, 4) is 11.4 Å². The average molecular weight is 480 g/mol. The second-order valence-corrected chi connectivity index (χ2v) is 9.93. The first-order valence-electron chi connectivity index (χ1n) is 11.7. The molecule has 1 aliphatic heterocycles. The maximum atomic E-state index is 13.3. The zero-order valence-corrected chi connectivity index (χ0v) is 21.2. The fourth-order valence-electron chi connectivity index (χ4n) is 4.02. The molecule has 1 amide bonds. The van der Waals surface area contributed by atoms with Crippen LogP contribution in [-0.2, 0) is 23.1 Å². The molecule has 1 fully saturated rings. The number of hydrogen-bond donors (Lipinski definition) is 0. The van der Waals surface area contributed by atoms with E-state index in [0.717, 1.165) is 47.2 Å². The number of anilines is 1. The van der Waals surface area contributed by atoms with E-state index in [9.17, 15) is 4.79 Å². The Hall–Kier alpha value is -2.84. The topological polar surface area (TPSA) is 63.5 Å². The molecule has 8 heteroatoms. The number of thioether (sulfide) groups is 1. The second-order valence-electron chi connectivity index (χ2n) is 8.99. The predicted molar refractivity (Wildman–Crippen MR) is 137 cm³/mol. The van der Waals surface area contributed by atoms with Crippen molar-refractivity contribution in [3.63, 3.8) is 0 Å². The van der Waals surface area contributed by atoms with Crippen LogP contribution in [0.4, 0.5) is 5.69 Å². The van der Waals surface area contributed by atoms with Crippen LogP contribution in [0.5, 0.6) is 0 Å². The number of carbonyl (C=O) groups excluding carboxylic acids is 1. The quantitative estimate of drug-likeness (QED) is 0.430. The summed E-state index contributed by atoms with van der Waals surface area (Å²) in [7, 11) is 5.99. The van der Waals surface area contributed by atoms with Gasteiger partial charge in [-0.3, -0.25) is 4.79 Å². The summed E-state index contributed by atoms with van der Waals surface area (Å²) in [6.45, 7) is 4.02. The minimum Gasteiger partial charge on any atom is -0.378 e. The number of hydrogen-bond acceptors (Lipinski definition) is 6. The Morgan fingerprint density at radius 3 is 2.50 bits per heavy atom. The fourth-order valence-corrected chi connectivity index (χ4v) is 4.83. The van der Waals surface area contributed by atoms with Gasteiger partial charge in [-0.2, -0.15) is 0 Å². The summed E-state index contributed by atoms with van der Waals surface area (Å²) >= 11 is 1.43. The lowest BCUT2D eigenvalue weighted by atomic mass is 10.1. The first kappa shape index (κ1) is 24.3. The van der Waals surface area contributed by atoms with E-state index in [1.54, 1.807) is 0 Å². The van der Waals surface area contributed by atoms with E-state index in [4.69, 9.17) is 4.74 Å². The molecule has 34 heavy (non-hydrogen) atoms. The van der Waals surface area contributed by atoms with Gasteiger partial charge in [-0.15, -0.1) is 10.2 Å². The third-order valence-corrected chi connectivity index (χ3v) is 7.10. The molecule has 2 heterocycles. The van der Waals surface area contributed by atoms with E-state index in [2.05, 4.69) is 58.4 Å². The lowest BCUT2D eigenvalue weighted by Gasteiger charge is -2.26. The largest absolute Gasteiger partial charge is 0.378 e. The molecule has 1 saturated heterocycles. The van der Waals surface area contributed by atoms with Gasteiger partial charge in [-0.25, -0.2) is 0 Å². The molecule has 0 spiro atoms. The van der Waals surface area contributed by atoms with Crippen LogP contribution < -0.4 is 4.90 Å². The molecule has 0 N–H and O–H groups in total. The van der Waals surface area contributed by atoms with Gasteiger partial charge >= 0.3 is 0 Å². The molecule has 0 radical (unpaired) electrons. The van der Waals surface area contributed by atoms with Gasteiger partial charge in [0.05, 0.1) is 11.9 Å². The summed E-state index contributed by atoms with van der Waals surface area (Å²) in [4.78, 5) is 17.3. The third-order valence-electron chi connectivity index (χ3n) is 6.10. The molecule has 180 valence electrons. The Kier molecular flexibility index (Phi) is 7.90. The highest BCUT2D eigenvalue weighted by Crippen LogP contribution is 2.24. The molecule has 0 saturated carbocycles. The van der Waals surface area contributed by atoms with E-state index in [1.807, 2.05) is 42.7 Å². The number of nitrogens with zero attached hydrogens (tertiary/aromatic N) is 5. The van der Waals surface area contributed by atoms with Crippen molar-refractivity contribution in [2.45, 2.75) is 37.6 Å². The molecule has 1 aliphatic rings. The number of benzene rings is 2. The van der Waals surface area contributed by atoms with Crippen molar-refractivity contribution in [2.24, 2.45) is 7.05 Å². The van der Waals surface area contributed by atoms with Gasteiger partial charge < -0.3 is 19.1 Å². The average Bonchev–Trinajstić information content (AvgIpc) is 3.47. The standard InChI is InChI=1S/C26H33N5O2S/c1-19-7-11-21(12-8-19)25-27-28-26(30(25)4)34-18-24(32)31(17-23-6-5-15-33-23)16-20-9-13-22(14-10-20)29(2)3/h7-14,23H,5-6,15-18H2,1-4H3. The van der Waals surface area contributed by atoms with Crippen molar-refractivity contribution in [3.05, 3.63) is 59.7 Å². The number of amides is 1. The van der Waals surface area contributed by atoms with Crippen molar-refractivity contribution in [1.82, 2.24) is 19.7 Å². The number of rotatable bonds is 9. The van der Waals surface area contributed by atoms with E-state index in [1.165, 1.54) is 17.3 Å². The van der Waals surface area contributed by atoms with Gasteiger partial charge in [0, 0.05) is 52.1 Å². The monoisotopic (exact) mass is 479 g/mol. The molecular weight excluding hydrogens is 446 g/mol. The summed E-state index contributed by atoms with van der Waals surface area (Å²) in [5, 5.41) is 9.42. The Balaban J connectivity index is 1.43. The molecule has 1 atom stereocenters. The van der Waals surface area contributed by atoms with Crippen LogP contribution in [0.2, 0.25) is 0 Å². The number of ether oxygens (including phenoxy) is 1. The SMILES string of the molecule is Cc1ccc(-c2nnc(SCC(=O)N(Cc3ccc(N(C)C)cc3)CC3CCCO3)n2C)cc1. The Morgan fingerprint density at radius 2 is 1.85 bits per heavy atom. The molecule has 4 rings (SSSR count). The molecular formula is C26H33N5O2S. The zero-order chi connectivity index (χ0) is 24.1. The normalized spacial score (nSPS) is 15.5. The lowest BCUT2D eigenvalue weighted by molar-refractivity contribution is -0.130. The van der Waals surface area contributed by atoms with Crippen molar-refractivity contribution >= 4 is 23.4 Å². The molecule has 1 aromatic heterocycles. The van der Waals surface area contributed by atoms with E-state index in [-0.39, 0.29) is 12.0 Å². The maximum absolute atomic E-state index is 13.3. The van der Waals surface area contributed by atoms with E-state index < -0.39 is 0 Å². The van der Waals surface area contributed by atoms with Crippen molar-refractivity contribution in [2.75, 3.05) is 37.9 Å². The molecule has 7 nitrogen and oxygen atoms in total. The van der Waals surface area contributed by atoms with Gasteiger partial charge in [0.2, 0.25) is 5.91 Å². The highest BCUT2D eigenvalue weighted by Gasteiger charge is 2.23. The molecule has 1 unspecified atom stereocenters. The van der Waals surface area contributed by atoms with Crippen LogP contribution in [0.25, 0.3) is 11.4 Å². The summed E-state index contributed by atoms with van der Waals surface area (Å²) < 4.78 is 7.78. The predicted octanol–water partition coefficient (Wildman–Crippen LogP) is 4.16. The Morgan fingerprint density at radius 1 is 1.12 bits per heavy atom. The van der Waals surface area contributed by atoms with Gasteiger partial charge in [0.25, 0.3) is 0 Å².